The van der Waals surface area contributed by atoms with E-state index in [1.165, 1.54) is 38.5 Å². The first-order chi connectivity index (χ1) is 6.70. The highest BCUT2D eigenvalue weighted by Crippen LogP contribution is 2.47. The zero-order chi connectivity index (χ0) is 10.6. The number of rotatable bonds is 7. The van der Waals surface area contributed by atoms with Gasteiger partial charge in [-0.25, -0.2) is 0 Å². The molecule has 0 radical (unpaired) electrons. The second-order valence-corrected chi connectivity index (χ2v) is 5.40. The summed E-state index contributed by atoms with van der Waals surface area (Å²) in [5.74, 6) is 4.11. The molecular weight excluding hydrogens is 168 g/mol. The van der Waals surface area contributed by atoms with Gasteiger partial charge in [0.25, 0.3) is 0 Å². The van der Waals surface area contributed by atoms with Crippen LogP contribution in [-0.4, -0.2) is 0 Å². The van der Waals surface area contributed by atoms with Crippen LogP contribution in [0.25, 0.3) is 0 Å². The molecule has 1 fully saturated rings. The van der Waals surface area contributed by atoms with E-state index in [-0.39, 0.29) is 0 Å². The second-order valence-electron chi connectivity index (χ2n) is 5.40. The van der Waals surface area contributed by atoms with Gasteiger partial charge in [0.15, 0.2) is 0 Å². The van der Waals surface area contributed by atoms with E-state index >= 15 is 0 Å². The topological polar surface area (TPSA) is 0 Å². The Morgan fingerprint density at radius 1 is 1.21 bits per heavy atom. The molecule has 0 aromatic heterocycles. The minimum absolute atomic E-state index is 0.992. The SMILES string of the molecule is CCCCCC(CC)C(C)C1CC1C. The van der Waals surface area contributed by atoms with Gasteiger partial charge in [0.05, 0.1) is 0 Å². The lowest BCUT2D eigenvalue weighted by atomic mass is 9.83. The molecule has 1 saturated carbocycles. The summed E-state index contributed by atoms with van der Waals surface area (Å²) in [5, 5.41) is 0. The number of hydrogen-bond acceptors (Lipinski definition) is 0. The Morgan fingerprint density at radius 3 is 2.29 bits per heavy atom. The molecule has 0 bridgehead atoms. The lowest BCUT2D eigenvalue weighted by Gasteiger charge is -2.22. The fourth-order valence-electron chi connectivity index (χ4n) is 2.93. The summed E-state index contributed by atoms with van der Waals surface area (Å²) in [4.78, 5) is 0. The maximum atomic E-state index is 2.49. The largest absolute Gasteiger partial charge is 0.0654 e. The highest BCUT2D eigenvalue weighted by Gasteiger charge is 2.39. The fraction of sp³-hybridized carbons (Fsp3) is 1.00. The van der Waals surface area contributed by atoms with E-state index in [4.69, 9.17) is 0 Å². The van der Waals surface area contributed by atoms with Crippen LogP contribution >= 0.6 is 0 Å². The van der Waals surface area contributed by atoms with Crippen LogP contribution in [0, 0.1) is 23.7 Å². The van der Waals surface area contributed by atoms with Crippen molar-refractivity contribution in [3.8, 4) is 0 Å². The minimum Gasteiger partial charge on any atom is -0.0654 e. The maximum Gasteiger partial charge on any atom is -0.0357 e. The fourth-order valence-corrected chi connectivity index (χ4v) is 2.93. The molecule has 0 aromatic carbocycles. The van der Waals surface area contributed by atoms with Crippen LogP contribution in [-0.2, 0) is 0 Å². The Balaban J connectivity index is 2.22. The van der Waals surface area contributed by atoms with Gasteiger partial charge in [-0.2, -0.15) is 0 Å². The van der Waals surface area contributed by atoms with Crippen LogP contribution in [0.4, 0.5) is 0 Å². The van der Waals surface area contributed by atoms with E-state index in [2.05, 4.69) is 27.7 Å². The molecule has 0 nitrogen and oxygen atoms in total. The normalized spacial score (nSPS) is 30.0. The average molecular weight is 196 g/mol. The zero-order valence-electron chi connectivity index (χ0n) is 10.6. The maximum absolute atomic E-state index is 2.49. The van der Waals surface area contributed by atoms with E-state index in [1.807, 2.05) is 0 Å². The highest BCUT2D eigenvalue weighted by atomic mass is 14.4. The molecule has 1 rings (SSSR count). The van der Waals surface area contributed by atoms with Crippen LogP contribution in [0.1, 0.15) is 66.2 Å². The van der Waals surface area contributed by atoms with Gasteiger partial charge in [-0.1, -0.05) is 59.8 Å². The van der Waals surface area contributed by atoms with Gasteiger partial charge in [0.2, 0.25) is 0 Å². The molecule has 0 aromatic rings. The third kappa shape index (κ3) is 3.29. The molecule has 0 heteroatoms. The van der Waals surface area contributed by atoms with Crippen molar-refractivity contribution in [3.63, 3.8) is 0 Å². The summed E-state index contributed by atoms with van der Waals surface area (Å²) < 4.78 is 0. The molecular formula is C14H28. The van der Waals surface area contributed by atoms with E-state index in [1.54, 1.807) is 0 Å². The third-order valence-corrected chi connectivity index (χ3v) is 4.29. The van der Waals surface area contributed by atoms with Crippen LogP contribution < -0.4 is 0 Å². The average Bonchev–Trinajstić information content (AvgIpc) is 2.89. The molecule has 0 aliphatic heterocycles. The van der Waals surface area contributed by atoms with Gasteiger partial charge in [0.1, 0.15) is 0 Å². The molecule has 14 heavy (non-hydrogen) atoms. The summed E-state index contributed by atoms with van der Waals surface area (Å²) in [6, 6.07) is 0. The Kier molecular flexibility index (Phi) is 4.98. The van der Waals surface area contributed by atoms with Crippen molar-refractivity contribution >= 4 is 0 Å². The van der Waals surface area contributed by atoms with E-state index in [0.717, 1.165) is 23.7 Å². The van der Waals surface area contributed by atoms with Gasteiger partial charge < -0.3 is 0 Å². The molecule has 84 valence electrons. The van der Waals surface area contributed by atoms with Crippen molar-refractivity contribution < 1.29 is 0 Å². The van der Waals surface area contributed by atoms with E-state index in [0.29, 0.717) is 0 Å². The lowest BCUT2D eigenvalue weighted by Crippen LogP contribution is -2.13. The number of hydrogen-bond donors (Lipinski definition) is 0. The number of unbranched alkanes of at least 4 members (excludes halogenated alkanes) is 2. The van der Waals surface area contributed by atoms with E-state index in [9.17, 15) is 0 Å². The van der Waals surface area contributed by atoms with Crippen molar-refractivity contribution in [2.75, 3.05) is 0 Å². The van der Waals surface area contributed by atoms with Crippen molar-refractivity contribution in [2.45, 2.75) is 66.2 Å². The van der Waals surface area contributed by atoms with Gasteiger partial charge in [0, 0.05) is 0 Å². The van der Waals surface area contributed by atoms with Crippen LogP contribution in [0.2, 0.25) is 0 Å². The predicted octanol–water partition coefficient (Wildman–Crippen LogP) is 4.89. The molecule has 0 N–H and O–H groups in total. The Morgan fingerprint density at radius 2 is 1.86 bits per heavy atom. The molecule has 0 saturated heterocycles. The summed E-state index contributed by atoms with van der Waals surface area (Å²) in [7, 11) is 0. The smallest absolute Gasteiger partial charge is 0.0357 e. The zero-order valence-corrected chi connectivity index (χ0v) is 10.6. The molecule has 0 spiro atoms. The minimum atomic E-state index is 0.992. The van der Waals surface area contributed by atoms with Crippen molar-refractivity contribution in [1.82, 2.24) is 0 Å². The quantitative estimate of drug-likeness (QED) is 0.509. The summed E-state index contributed by atoms with van der Waals surface area (Å²) >= 11 is 0. The van der Waals surface area contributed by atoms with Gasteiger partial charge in [-0.05, 0) is 30.1 Å². The molecule has 1 aliphatic rings. The van der Waals surface area contributed by atoms with Crippen molar-refractivity contribution in [1.29, 1.82) is 0 Å². The first kappa shape index (κ1) is 12.1. The molecule has 0 heterocycles. The first-order valence-corrected chi connectivity index (χ1v) is 6.70. The van der Waals surface area contributed by atoms with E-state index < -0.39 is 0 Å². The van der Waals surface area contributed by atoms with Crippen molar-refractivity contribution in [2.24, 2.45) is 23.7 Å². The Hall–Kier alpha value is 0. The molecule has 1 aliphatic carbocycles. The molecule has 0 amide bonds. The second kappa shape index (κ2) is 5.78. The highest BCUT2D eigenvalue weighted by molar-refractivity contribution is 4.88. The van der Waals surface area contributed by atoms with Gasteiger partial charge in [-0.3, -0.25) is 0 Å². The molecule has 4 atom stereocenters. The first-order valence-electron chi connectivity index (χ1n) is 6.70. The standard InChI is InChI=1S/C14H28/c1-5-7-8-9-13(6-2)12(4)14-10-11(14)3/h11-14H,5-10H2,1-4H3. The van der Waals surface area contributed by atoms with Crippen molar-refractivity contribution in [3.05, 3.63) is 0 Å². The monoisotopic (exact) mass is 196 g/mol. The Labute approximate surface area is 90.5 Å². The predicted molar refractivity (Wildman–Crippen MR) is 64.4 cm³/mol. The summed E-state index contributed by atoms with van der Waals surface area (Å²) in [6.07, 6.45) is 8.64. The third-order valence-electron chi connectivity index (χ3n) is 4.29. The molecule has 4 unspecified atom stereocenters. The van der Waals surface area contributed by atoms with Crippen LogP contribution in [0.15, 0.2) is 0 Å². The summed E-state index contributed by atoms with van der Waals surface area (Å²) in [5.41, 5.74) is 0. The van der Waals surface area contributed by atoms with Gasteiger partial charge in [-0.15, -0.1) is 0 Å². The summed E-state index contributed by atoms with van der Waals surface area (Å²) in [6.45, 7) is 9.59. The lowest BCUT2D eigenvalue weighted by molar-refractivity contribution is 0.277. The van der Waals surface area contributed by atoms with Crippen LogP contribution in [0.3, 0.4) is 0 Å². The van der Waals surface area contributed by atoms with Crippen LogP contribution in [0.5, 0.6) is 0 Å². The van der Waals surface area contributed by atoms with Gasteiger partial charge >= 0.3 is 0 Å². The Bertz CT molecular complexity index is 150.